The molecule has 0 rings (SSSR count). The quantitative estimate of drug-likeness (QED) is 0.662. The minimum Gasteiger partial charge on any atom is -0.319 e. The maximum absolute atomic E-state index is 11.2. The van der Waals surface area contributed by atoms with E-state index in [1.807, 2.05) is 13.8 Å². The molecule has 0 aliphatic carbocycles. The molecule has 0 aromatic rings. The second-order valence-corrected chi connectivity index (χ2v) is 3.30. The molecule has 0 fully saturated rings. The molecule has 1 unspecified atom stereocenters. The Bertz CT molecular complexity index is 130. The molecular weight excluding hydrogens is 138 g/mol. The second-order valence-electron chi connectivity index (χ2n) is 3.30. The summed E-state index contributed by atoms with van der Waals surface area (Å²) >= 11 is 0. The van der Waals surface area contributed by atoms with Gasteiger partial charge in [-0.25, -0.2) is 0 Å². The maximum atomic E-state index is 11.2. The standard InChI is InChI=1S/C9H19NO/c1-4-6-7-9(3,10)8(11)5-2/h4-7,10H2,1-3H3. The Labute approximate surface area is 69.2 Å². The summed E-state index contributed by atoms with van der Waals surface area (Å²) in [5.74, 6) is 0.172. The molecule has 0 saturated carbocycles. The van der Waals surface area contributed by atoms with Crippen LogP contribution in [0.3, 0.4) is 0 Å². The van der Waals surface area contributed by atoms with Crippen LogP contribution in [0.5, 0.6) is 0 Å². The van der Waals surface area contributed by atoms with Crippen LogP contribution < -0.4 is 5.73 Å². The third-order valence-corrected chi connectivity index (χ3v) is 2.01. The van der Waals surface area contributed by atoms with Crippen LogP contribution in [-0.2, 0) is 4.79 Å². The topological polar surface area (TPSA) is 43.1 Å². The van der Waals surface area contributed by atoms with Crippen molar-refractivity contribution < 1.29 is 4.79 Å². The lowest BCUT2D eigenvalue weighted by molar-refractivity contribution is -0.123. The number of Topliss-reactive ketones (excluding diaryl/α,β-unsaturated/α-hetero) is 1. The molecule has 0 heterocycles. The summed E-state index contributed by atoms with van der Waals surface area (Å²) in [6.07, 6.45) is 3.51. The lowest BCUT2D eigenvalue weighted by Gasteiger charge is -2.21. The Balaban J connectivity index is 3.88. The van der Waals surface area contributed by atoms with Crippen LogP contribution in [-0.4, -0.2) is 11.3 Å². The van der Waals surface area contributed by atoms with Gasteiger partial charge in [0.15, 0.2) is 5.78 Å². The first kappa shape index (κ1) is 10.6. The average Bonchev–Trinajstić information content (AvgIpc) is 1.99. The van der Waals surface area contributed by atoms with E-state index >= 15 is 0 Å². The monoisotopic (exact) mass is 157 g/mol. The van der Waals surface area contributed by atoms with Crippen LogP contribution >= 0.6 is 0 Å². The van der Waals surface area contributed by atoms with E-state index in [2.05, 4.69) is 6.92 Å². The fourth-order valence-corrected chi connectivity index (χ4v) is 1.09. The van der Waals surface area contributed by atoms with Gasteiger partial charge >= 0.3 is 0 Å². The normalized spacial score (nSPS) is 16.0. The number of unbranched alkanes of at least 4 members (excludes halogenated alkanes) is 1. The van der Waals surface area contributed by atoms with E-state index in [0.717, 1.165) is 19.3 Å². The van der Waals surface area contributed by atoms with Crippen molar-refractivity contribution in [1.82, 2.24) is 0 Å². The van der Waals surface area contributed by atoms with E-state index in [1.165, 1.54) is 0 Å². The van der Waals surface area contributed by atoms with Crippen LogP contribution in [0.4, 0.5) is 0 Å². The molecule has 2 heteroatoms. The van der Waals surface area contributed by atoms with Gasteiger partial charge in [-0.1, -0.05) is 26.7 Å². The van der Waals surface area contributed by atoms with Gasteiger partial charge in [-0.15, -0.1) is 0 Å². The summed E-state index contributed by atoms with van der Waals surface area (Å²) in [5, 5.41) is 0. The lowest BCUT2D eigenvalue weighted by Crippen LogP contribution is -2.44. The van der Waals surface area contributed by atoms with Gasteiger partial charge < -0.3 is 5.73 Å². The smallest absolute Gasteiger partial charge is 0.152 e. The van der Waals surface area contributed by atoms with Crippen molar-refractivity contribution in [2.24, 2.45) is 5.73 Å². The number of ketones is 1. The van der Waals surface area contributed by atoms with Crippen molar-refractivity contribution >= 4 is 5.78 Å². The van der Waals surface area contributed by atoms with E-state index in [0.29, 0.717) is 6.42 Å². The first-order chi connectivity index (χ1) is 5.04. The number of hydrogen-bond donors (Lipinski definition) is 1. The summed E-state index contributed by atoms with van der Waals surface area (Å²) in [5.41, 5.74) is 5.23. The molecule has 0 spiro atoms. The zero-order valence-electron chi connectivity index (χ0n) is 7.81. The molecule has 0 bridgehead atoms. The lowest BCUT2D eigenvalue weighted by atomic mass is 9.90. The Morgan fingerprint density at radius 1 is 1.45 bits per heavy atom. The highest BCUT2D eigenvalue weighted by Crippen LogP contribution is 2.12. The Morgan fingerprint density at radius 3 is 2.36 bits per heavy atom. The summed E-state index contributed by atoms with van der Waals surface area (Å²) in [7, 11) is 0. The van der Waals surface area contributed by atoms with Gasteiger partial charge in [0, 0.05) is 6.42 Å². The van der Waals surface area contributed by atoms with E-state index in [-0.39, 0.29) is 5.78 Å². The van der Waals surface area contributed by atoms with E-state index in [9.17, 15) is 4.79 Å². The molecule has 0 amide bonds. The van der Waals surface area contributed by atoms with Gasteiger partial charge in [0.2, 0.25) is 0 Å². The predicted octanol–water partition coefficient (Wildman–Crippen LogP) is 1.87. The fraction of sp³-hybridized carbons (Fsp3) is 0.889. The largest absolute Gasteiger partial charge is 0.319 e. The Morgan fingerprint density at radius 2 is 2.00 bits per heavy atom. The van der Waals surface area contributed by atoms with Gasteiger partial charge in [0.1, 0.15) is 0 Å². The summed E-state index contributed by atoms with van der Waals surface area (Å²) in [6, 6.07) is 0. The number of carbonyl (C=O) groups is 1. The van der Waals surface area contributed by atoms with Crippen molar-refractivity contribution in [3.05, 3.63) is 0 Å². The van der Waals surface area contributed by atoms with Crippen LogP contribution in [0.2, 0.25) is 0 Å². The Hall–Kier alpha value is -0.370. The van der Waals surface area contributed by atoms with Gasteiger partial charge in [-0.05, 0) is 13.3 Å². The first-order valence-electron chi connectivity index (χ1n) is 4.36. The van der Waals surface area contributed by atoms with Crippen molar-refractivity contribution in [2.45, 2.75) is 52.0 Å². The van der Waals surface area contributed by atoms with Crippen LogP contribution in [0.15, 0.2) is 0 Å². The molecular formula is C9H19NO. The van der Waals surface area contributed by atoms with E-state index in [4.69, 9.17) is 5.73 Å². The van der Waals surface area contributed by atoms with Crippen LogP contribution in [0.25, 0.3) is 0 Å². The second kappa shape index (κ2) is 4.50. The van der Waals surface area contributed by atoms with Crippen LogP contribution in [0.1, 0.15) is 46.5 Å². The summed E-state index contributed by atoms with van der Waals surface area (Å²) in [4.78, 5) is 11.2. The van der Waals surface area contributed by atoms with Gasteiger partial charge in [-0.3, -0.25) is 4.79 Å². The SMILES string of the molecule is CCCCC(C)(N)C(=O)CC. The average molecular weight is 157 g/mol. The molecule has 1 atom stereocenters. The number of rotatable bonds is 5. The van der Waals surface area contributed by atoms with Crippen molar-refractivity contribution in [3.8, 4) is 0 Å². The summed E-state index contributed by atoms with van der Waals surface area (Å²) in [6.45, 7) is 5.79. The van der Waals surface area contributed by atoms with Crippen LogP contribution in [0, 0.1) is 0 Å². The zero-order chi connectivity index (χ0) is 8.91. The third-order valence-electron chi connectivity index (χ3n) is 2.01. The first-order valence-corrected chi connectivity index (χ1v) is 4.36. The molecule has 0 aromatic heterocycles. The number of carbonyl (C=O) groups excluding carboxylic acids is 1. The molecule has 2 N–H and O–H groups in total. The zero-order valence-corrected chi connectivity index (χ0v) is 7.81. The fourth-order valence-electron chi connectivity index (χ4n) is 1.09. The molecule has 0 radical (unpaired) electrons. The third kappa shape index (κ3) is 3.51. The molecule has 2 nitrogen and oxygen atoms in total. The highest BCUT2D eigenvalue weighted by atomic mass is 16.1. The van der Waals surface area contributed by atoms with Gasteiger partial charge in [0.05, 0.1) is 5.54 Å². The van der Waals surface area contributed by atoms with Gasteiger partial charge in [-0.2, -0.15) is 0 Å². The van der Waals surface area contributed by atoms with Gasteiger partial charge in [0.25, 0.3) is 0 Å². The van der Waals surface area contributed by atoms with Crippen molar-refractivity contribution in [1.29, 1.82) is 0 Å². The molecule has 11 heavy (non-hydrogen) atoms. The maximum Gasteiger partial charge on any atom is 0.152 e. The minimum atomic E-state index is -0.579. The highest BCUT2D eigenvalue weighted by molar-refractivity contribution is 5.87. The predicted molar refractivity (Wildman–Crippen MR) is 47.4 cm³/mol. The van der Waals surface area contributed by atoms with E-state index < -0.39 is 5.54 Å². The minimum absolute atomic E-state index is 0.172. The van der Waals surface area contributed by atoms with Crippen molar-refractivity contribution in [3.63, 3.8) is 0 Å². The molecule has 0 aliphatic heterocycles. The molecule has 66 valence electrons. The summed E-state index contributed by atoms with van der Waals surface area (Å²) < 4.78 is 0. The Kier molecular flexibility index (Phi) is 4.34. The molecule has 0 saturated heterocycles. The molecule has 0 aliphatic rings. The van der Waals surface area contributed by atoms with Crippen molar-refractivity contribution in [2.75, 3.05) is 0 Å². The highest BCUT2D eigenvalue weighted by Gasteiger charge is 2.24. The number of hydrogen-bond acceptors (Lipinski definition) is 2. The van der Waals surface area contributed by atoms with E-state index in [1.54, 1.807) is 0 Å². The number of nitrogens with two attached hydrogens (primary N) is 1. The molecule has 0 aromatic carbocycles.